The van der Waals surface area contributed by atoms with Crippen molar-refractivity contribution in [3.05, 3.63) is 102 Å². The third-order valence-electron chi connectivity index (χ3n) is 4.67. The molecule has 1 aliphatic rings. The van der Waals surface area contributed by atoms with Gasteiger partial charge < -0.3 is 4.74 Å². The zero-order valence-electron chi connectivity index (χ0n) is 16.8. The lowest BCUT2D eigenvalue weighted by molar-refractivity contribution is -0.123. The van der Waals surface area contributed by atoms with E-state index in [1.54, 1.807) is 48.5 Å². The van der Waals surface area contributed by atoms with Crippen LogP contribution in [0.5, 0.6) is 5.75 Å². The number of nitrogens with zero attached hydrogens (tertiary/aromatic N) is 1. The van der Waals surface area contributed by atoms with E-state index in [9.17, 15) is 14.4 Å². The average Bonchev–Trinajstić information content (AvgIpc) is 3.05. The first-order valence-electron chi connectivity index (χ1n) is 9.57. The molecule has 1 saturated heterocycles. The number of esters is 1. The zero-order valence-corrected chi connectivity index (χ0v) is 21.5. The summed E-state index contributed by atoms with van der Waals surface area (Å²) in [5, 5.41) is 0.151. The predicted molar refractivity (Wildman–Crippen MR) is 136 cm³/mol. The van der Waals surface area contributed by atoms with Crippen molar-refractivity contribution in [3.8, 4) is 5.75 Å². The van der Waals surface area contributed by atoms with Gasteiger partial charge in [0.2, 0.25) is 0 Å². The van der Waals surface area contributed by atoms with E-state index in [4.69, 9.17) is 16.3 Å². The van der Waals surface area contributed by atoms with E-state index < -0.39 is 11.9 Å². The van der Waals surface area contributed by atoms with Gasteiger partial charge in [-0.05, 0) is 78.0 Å². The van der Waals surface area contributed by atoms with Crippen LogP contribution in [0.4, 0.5) is 4.79 Å². The van der Waals surface area contributed by atoms with Crippen LogP contribution in [-0.2, 0) is 11.3 Å². The Morgan fingerprint density at radius 3 is 2.33 bits per heavy atom. The van der Waals surface area contributed by atoms with Gasteiger partial charge in [0.25, 0.3) is 11.1 Å². The molecule has 0 aromatic heterocycles. The molecular formula is C24H14Br2ClNO4S. The maximum absolute atomic E-state index is 12.9. The van der Waals surface area contributed by atoms with Gasteiger partial charge in [0, 0.05) is 19.5 Å². The van der Waals surface area contributed by atoms with Gasteiger partial charge in [-0.25, -0.2) is 4.79 Å². The van der Waals surface area contributed by atoms with Gasteiger partial charge in [0.05, 0.1) is 17.0 Å². The van der Waals surface area contributed by atoms with E-state index in [1.165, 1.54) is 4.90 Å². The van der Waals surface area contributed by atoms with Crippen LogP contribution in [0.1, 0.15) is 21.5 Å². The molecule has 4 rings (SSSR count). The van der Waals surface area contributed by atoms with Crippen molar-refractivity contribution in [1.29, 1.82) is 0 Å². The van der Waals surface area contributed by atoms with Crippen LogP contribution in [-0.4, -0.2) is 22.0 Å². The zero-order chi connectivity index (χ0) is 23.5. The number of benzene rings is 3. The molecule has 2 amide bonds. The average molecular weight is 608 g/mol. The number of carbonyl (C=O) groups excluding carboxylic acids is 3. The normalized spacial score (nSPS) is 14.8. The lowest BCUT2D eigenvalue weighted by Gasteiger charge is -2.12. The number of imide groups is 1. The quantitative estimate of drug-likeness (QED) is 0.173. The van der Waals surface area contributed by atoms with Crippen molar-refractivity contribution in [3.63, 3.8) is 0 Å². The minimum absolute atomic E-state index is 0.173. The highest BCUT2D eigenvalue weighted by atomic mass is 79.9. The second kappa shape index (κ2) is 10.3. The van der Waals surface area contributed by atoms with Gasteiger partial charge in [-0.1, -0.05) is 55.6 Å². The van der Waals surface area contributed by atoms with Crippen LogP contribution in [0.2, 0.25) is 5.02 Å². The molecule has 5 nitrogen and oxygen atoms in total. The highest BCUT2D eigenvalue weighted by Gasteiger charge is 2.35. The molecule has 0 unspecified atom stereocenters. The molecule has 0 saturated carbocycles. The van der Waals surface area contributed by atoms with Crippen LogP contribution >= 0.6 is 55.2 Å². The summed E-state index contributed by atoms with van der Waals surface area (Å²) in [6.45, 7) is 0.173. The summed E-state index contributed by atoms with van der Waals surface area (Å²) in [6, 6.07) is 18.8. The number of amides is 2. The van der Waals surface area contributed by atoms with E-state index in [0.717, 1.165) is 26.3 Å². The first-order valence-corrected chi connectivity index (χ1v) is 12.4. The van der Waals surface area contributed by atoms with Gasteiger partial charge in [0.1, 0.15) is 5.75 Å². The number of rotatable bonds is 5. The molecule has 166 valence electrons. The minimum atomic E-state index is -0.563. The van der Waals surface area contributed by atoms with Gasteiger partial charge >= 0.3 is 5.97 Å². The third-order valence-corrected chi connectivity index (χ3v) is 6.85. The molecule has 0 radical (unpaired) electrons. The van der Waals surface area contributed by atoms with Crippen LogP contribution < -0.4 is 4.74 Å². The van der Waals surface area contributed by atoms with Crippen molar-refractivity contribution in [2.45, 2.75) is 6.54 Å². The smallest absolute Gasteiger partial charge is 0.343 e. The summed E-state index contributed by atoms with van der Waals surface area (Å²) in [7, 11) is 0. The van der Waals surface area contributed by atoms with E-state index in [0.29, 0.717) is 16.1 Å². The summed E-state index contributed by atoms with van der Waals surface area (Å²) in [5.41, 5.74) is 1.66. The third kappa shape index (κ3) is 5.76. The number of hydrogen-bond acceptors (Lipinski definition) is 5. The molecule has 1 aliphatic heterocycles. The fourth-order valence-electron chi connectivity index (χ4n) is 3.02. The second-order valence-electron chi connectivity index (χ2n) is 6.97. The molecule has 1 heterocycles. The Morgan fingerprint density at radius 2 is 1.64 bits per heavy atom. The molecule has 1 fully saturated rings. The van der Waals surface area contributed by atoms with Crippen LogP contribution in [0, 0.1) is 0 Å². The fraction of sp³-hybridized carbons (Fsp3) is 0.0417. The molecule has 0 bridgehead atoms. The van der Waals surface area contributed by atoms with E-state index in [-0.39, 0.29) is 22.4 Å². The molecule has 33 heavy (non-hydrogen) atoms. The van der Waals surface area contributed by atoms with E-state index in [2.05, 4.69) is 31.9 Å². The van der Waals surface area contributed by atoms with Crippen LogP contribution in [0.25, 0.3) is 6.08 Å². The number of ether oxygens (including phenoxy) is 1. The molecule has 0 atom stereocenters. The summed E-state index contributed by atoms with van der Waals surface area (Å²) in [4.78, 5) is 39.4. The summed E-state index contributed by atoms with van der Waals surface area (Å²) >= 11 is 13.5. The number of thioether (sulfide) groups is 1. The first-order chi connectivity index (χ1) is 15.8. The van der Waals surface area contributed by atoms with Gasteiger partial charge in [-0.15, -0.1) is 0 Å². The molecular weight excluding hydrogens is 594 g/mol. The van der Waals surface area contributed by atoms with Crippen LogP contribution in [0.15, 0.2) is 80.6 Å². The molecule has 0 aliphatic carbocycles. The van der Waals surface area contributed by atoms with Crippen molar-refractivity contribution >= 4 is 78.4 Å². The highest BCUT2D eigenvalue weighted by molar-refractivity contribution is 9.10. The number of halogens is 3. The van der Waals surface area contributed by atoms with Gasteiger partial charge in [-0.3, -0.25) is 14.5 Å². The molecule has 3 aromatic carbocycles. The Morgan fingerprint density at radius 1 is 0.970 bits per heavy atom. The maximum atomic E-state index is 12.9. The molecule has 0 N–H and O–H groups in total. The lowest BCUT2D eigenvalue weighted by atomic mass is 10.1. The SMILES string of the molecule is O=C(Oc1ccc(Br)cc1/C=C1\SC(=O)N(Cc2ccc(Br)cc2)C1=O)c1ccc(Cl)cc1. The van der Waals surface area contributed by atoms with Crippen molar-refractivity contribution in [2.75, 3.05) is 0 Å². The summed E-state index contributed by atoms with van der Waals surface area (Å²) in [6.07, 6.45) is 1.56. The molecule has 0 spiro atoms. The standard InChI is InChI=1S/C24H14Br2ClNO4S/c25-17-5-1-14(2-6-17)13-28-22(29)21(33-24(28)31)12-16-11-18(26)7-10-20(16)32-23(30)15-3-8-19(27)9-4-15/h1-12H,13H2/b21-12-. The Bertz CT molecular complexity index is 1280. The number of carbonyl (C=O) groups is 3. The number of hydrogen-bond donors (Lipinski definition) is 0. The monoisotopic (exact) mass is 605 g/mol. The van der Waals surface area contributed by atoms with Crippen molar-refractivity contribution < 1.29 is 19.1 Å². The summed E-state index contributed by atoms with van der Waals surface area (Å²) in [5.74, 6) is -0.701. The van der Waals surface area contributed by atoms with Crippen molar-refractivity contribution in [1.82, 2.24) is 4.90 Å². The Hall–Kier alpha value is -2.39. The van der Waals surface area contributed by atoms with Crippen molar-refractivity contribution in [2.24, 2.45) is 0 Å². The Balaban J connectivity index is 1.58. The maximum Gasteiger partial charge on any atom is 0.343 e. The van der Waals surface area contributed by atoms with Crippen LogP contribution in [0.3, 0.4) is 0 Å². The van der Waals surface area contributed by atoms with Gasteiger partial charge in [0.15, 0.2) is 0 Å². The topological polar surface area (TPSA) is 63.7 Å². The highest BCUT2D eigenvalue weighted by Crippen LogP contribution is 2.36. The van der Waals surface area contributed by atoms with E-state index >= 15 is 0 Å². The molecule has 3 aromatic rings. The van der Waals surface area contributed by atoms with E-state index in [1.807, 2.05) is 24.3 Å². The minimum Gasteiger partial charge on any atom is -0.422 e. The lowest BCUT2D eigenvalue weighted by Crippen LogP contribution is -2.27. The predicted octanol–water partition coefficient (Wildman–Crippen LogP) is 7.32. The summed E-state index contributed by atoms with van der Waals surface area (Å²) < 4.78 is 7.20. The largest absolute Gasteiger partial charge is 0.422 e. The van der Waals surface area contributed by atoms with Gasteiger partial charge in [-0.2, -0.15) is 0 Å². The fourth-order valence-corrected chi connectivity index (χ4v) is 4.62. The molecule has 9 heteroatoms. The second-order valence-corrected chi connectivity index (χ2v) is 10.2. The Kier molecular flexibility index (Phi) is 7.38. The first kappa shape index (κ1) is 23.8. The Labute approximate surface area is 216 Å².